The molecule has 0 aliphatic carbocycles. The minimum atomic E-state index is -4.64. The zero-order valence-electron chi connectivity index (χ0n) is 16.6. The number of benzene rings is 2. The smallest absolute Gasteiger partial charge is 0.376 e. The predicted octanol–water partition coefficient (Wildman–Crippen LogP) is 3.06. The monoisotopic (exact) mass is 448 g/mol. The number of halogens is 4. The van der Waals surface area contributed by atoms with Gasteiger partial charge in [0.25, 0.3) is 5.91 Å². The third kappa shape index (κ3) is 3.75. The highest BCUT2D eigenvalue weighted by atomic mass is 19.4. The Bertz CT molecular complexity index is 1220. The van der Waals surface area contributed by atoms with Gasteiger partial charge < -0.3 is 10.0 Å². The summed E-state index contributed by atoms with van der Waals surface area (Å²) >= 11 is 0. The first-order valence-corrected chi connectivity index (χ1v) is 9.54. The molecule has 0 saturated carbocycles. The second-order valence-corrected chi connectivity index (χ2v) is 7.19. The molecule has 32 heavy (non-hydrogen) atoms. The molecular weight excluding hydrogens is 432 g/mol. The van der Waals surface area contributed by atoms with E-state index in [0.717, 1.165) is 12.1 Å². The first kappa shape index (κ1) is 21.6. The molecule has 11 heteroatoms. The van der Waals surface area contributed by atoms with Crippen LogP contribution in [-0.2, 0) is 17.5 Å². The summed E-state index contributed by atoms with van der Waals surface area (Å²) in [6.45, 7) is 1.83. The topological polar surface area (TPSA) is 88.3 Å². The highest BCUT2D eigenvalue weighted by Crippen LogP contribution is 2.32. The second kappa shape index (κ2) is 7.83. The summed E-state index contributed by atoms with van der Waals surface area (Å²) in [6, 6.07) is 6.90. The number of hydrogen-bond acceptors (Lipinski definition) is 5. The molecule has 7 nitrogen and oxygen atoms in total. The molecule has 166 valence electrons. The number of aliphatic hydroxyl groups is 1. The van der Waals surface area contributed by atoms with Gasteiger partial charge in [-0.1, -0.05) is 17.3 Å². The van der Waals surface area contributed by atoms with Crippen LogP contribution in [0.5, 0.6) is 0 Å². The number of fused-ring (bicyclic) bond motifs is 1. The third-order valence-electron chi connectivity index (χ3n) is 5.16. The van der Waals surface area contributed by atoms with E-state index < -0.39 is 35.4 Å². The zero-order chi connectivity index (χ0) is 23.2. The summed E-state index contributed by atoms with van der Waals surface area (Å²) in [4.78, 5) is 25.8. The van der Waals surface area contributed by atoms with Crippen LogP contribution in [0, 0.1) is 5.82 Å². The van der Waals surface area contributed by atoms with Crippen molar-refractivity contribution in [1.29, 1.82) is 0 Å². The second-order valence-electron chi connectivity index (χ2n) is 7.19. The maximum Gasteiger partial charge on any atom is 0.416 e. The highest BCUT2D eigenvalue weighted by molar-refractivity contribution is 6.23. The fraction of sp³-hybridized carbons (Fsp3) is 0.238. The lowest BCUT2D eigenvalue weighted by atomic mass is 9.95. The number of carbonyl (C=O) groups excluding carboxylic acids is 2. The van der Waals surface area contributed by atoms with Crippen molar-refractivity contribution in [3.05, 3.63) is 65.1 Å². The summed E-state index contributed by atoms with van der Waals surface area (Å²) in [5.41, 5.74) is 0.223. The minimum Gasteiger partial charge on any atom is -0.376 e. The number of ketones is 1. The number of nitrogens with zero attached hydrogens (tertiary/aromatic N) is 4. The number of anilines is 1. The van der Waals surface area contributed by atoms with E-state index in [0.29, 0.717) is 23.0 Å². The number of alkyl halides is 3. The molecule has 3 aromatic rings. The van der Waals surface area contributed by atoms with Crippen molar-refractivity contribution in [3.63, 3.8) is 0 Å². The molecule has 1 aliphatic rings. The molecule has 1 atom stereocenters. The predicted molar refractivity (Wildman–Crippen MR) is 104 cm³/mol. The van der Waals surface area contributed by atoms with Gasteiger partial charge in [0.05, 0.1) is 24.0 Å². The average molecular weight is 448 g/mol. The Balaban J connectivity index is 1.61. The molecule has 0 fully saturated rings. The maximum absolute atomic E-state index is 14.1. The van der Waals surface area contributed by atoms with E-state index in [9.17, 15) is 32.3 Å². The lowest BCUT2D eigenvalue weighted by Gasteiger charge is -2.30. The number of amides is 1. The van der Waals surface area contributed by atoms with Crippen LogP contribution in [0.2, 0.25) is 0 Å². The maximum atomic E-state index is 14.1. The Morgan fingerprint density at radius 2 is 1.88 bits per heavy atom. The largest absolute Gasteiger partial charge is 0.416 e. The van der Waals surface area contributed by atoms with E-state index >= 15 is 0 Å². The van der Waals surface area contributed by atoms with Crippen LogP contribution < -0.4 is 4.90 Å². The molecule has 0 bridgehead atoms. The molecule has 0 radical (unpaired) electrons. The zero-order valence-corrected chi connectivity index (χ0v) is 16.6. The van der Waals surface area contributed by atoms with Crippen molar-refractivity contribution in [3.8, 4) is 11.3 Å². The normalized spacial score (nSPS) is 16.4. The summed E-state index contributed by atoms with van der Waals surface area (Å²) in [5, 5.41) is 17.8. The fourth-order valence-electron chi connectivity index (χ4n) is 3.51. The molecule has 4 rings (SSSR count). The Hall–Kier alpha value is -3.60. The van der Waals surface area contributed by atoms with Crippen LogP contribution in [0.15, 0.2) is 42.6 Å². The lowest BCUT2D eigenvalue weighted by molar-refractivity contribution is -0.137. The quantitative estimate of drug-likeness (QED) is 0.490. The lowest BCUT2D eigenvalue weighted by Crippen LogP contribution is -2.48. The Kier molecular flexibility index (Phi) is 5.29. The van der Waals surface area contributed by atoms with Crippen molar-refractivity contribution >= 4 is 17.4 Å². The number of carbonyl (C=O) groups is 2. The Morgan fingerprint density at radius 1 is 1.12 bits per heavy atom. The molecular formula is C21H16F4N4O3. The number of hydrogen-bond donors (Lipinski definition) is 1. The third-order valence-corrected chi connectivity index (χ3v) is 5.16. The SMILES string of the molecule is CCN1C(=O)C(O)C(=O)c2cc(-c3cn(Cc4ccc(C(F)(F)F)cc4F)nn3)ccc21. The standard InChI is InChI=1S/C21H16F4N4O3/c1-2-29-17-6-4-11(7-14(17)18(30)19(31)20(29)32)16-10-28(27-26-16)9-12-3-5-13(8-15(12)22)21(23,24)25/h3-8,10,19,31H,2,9H2,1H3. The van der Waals surface area contributed by atoms with Crippen molar-refractivity contribution in [2.24, 2.45) is 0 Å². The fourth-order valence-corrected chi connectivity index (χ4v) is 3.51. The molecule has 2 aromatic carbocycles. The number of aromatic nitrogens is 3. The molecule has 1 N–H and O–H groups in total. The van der Waals surface area contributed by atoms with Gasteiger partial charge in [-0.25, -0.2) is 9.07 Å². The molecule has 1 amide bonds. The van der Waals surface area contributed by atoms with Gasteiger partial charge >= 0.3 is 6.18 Å². The van der Waals surface area contributed by atoms with Crippen LogP contribution in [-0.4, -0.2) is 44.4 Å². The minimum absolute atomic E-state index is 0.00436. The van der Waals surface area contributed by atoms with Gasteiger partial charge in [0.1, 0.15) is 11.5 Å². The first-order valence-electron chi connectivity index (χ1n) is 9.54. The van der Waals surface area contributed by atoms with E-state index in [1.54, 1.807) is 19.1 Å². The Labute approximate surface area is 178 Å². The van der Waals surface area contributed by atoms with Crippen molar-refractivity contribution < 1.29 is 32.3 Å². The molecule has 1 unspecified atom stereocenters. The van der Waals surface area contributed by atoms with Gasteiger partial charge in [0, 0.05) is 23.2 Å². The number of rotatable bonds is 4. The summed E-state index contributed by atoms with van der Waals surface area (Å²) in [5.74, 6) is -2.44. The number of aliphatic hydroxyl groups excluding tert-OH is 1. The van der Waals surface area contributed by atoms with Crippen molar-refractivity contribution in [1.82, 2.24) is 15.0 Å². The van der Waals surface area contributed by atoms with Crippen molar-refractivity contribution in [2.45, 2.75) is 25.7 Å². The summed E-state index contributed by atoms with van der Waals surface area (Å²) in [7, 11) is 0. The van der Waals surface area contributed by atoms with Gasteiger partial charge in [-0.05, 0) is 31.2 Å². The van der Waals surface area contributed by atoms with Crippen LogP contribution in [0.25, 0.3) is 11.3 Å². The van der Waals surface area contributed by atoms with Gasteiger partial charge in [0.15, 0.2) is 6.10 Å². The van der Waals surface area contributed by atoms with Gasteiger partial charge in [-0.2, -0.15) is 13.2 Å². The number of likely N-dealkylation sites (N-methyl/N-ethyl adjacent to an activating group) is 1. The van der Waals surface area contributed by atoms with Gasteiger partial charge in [0.2, 0.25) is 5.78 Å². The van der Waals surface area contributed by atoms with E-state index in [1.807, 2.05) is 0 Å². The van der Waals surface area contributed by atoms with E-state index in [2.05, 4.69) is 10.3 Å². The van der Waals surface area contributed by atoms with E-state index in [-0.39, 0.29) is 24.2 Å². The molecule has 1 aliphatic heterocycles. The van der Waals surface area contributed by atoms with Crippen LogP contribution in [0.4, 0.5) is 23.2 Å². The van der Waals surface area contributed by atoms with Crippen molar-refractivity contribution in [2.75, 3.05) is 11.4 Å². The number of Topliss-reactive ketones (excluding diaryl/α,β-unsaturated/α-hetero) is 1. The van der Waals surface area contributed by atoms with Crippen LogP contribution in [0.3, 0.4) is 0 Å². The highest BCUT2D eigenvalue weighted by Gasteiger charge is 2.37. The summed E-state index contributed by atoms with van der Waals surface area (Å²) in [6.07, 6.45) is -4.98. The van der Waals surface area contributed by atoms with Crippen LogP contribution >= 0.6 is 0 Å². The molecule has 2 heterocycles. The molecule has 1 aromatic heterocycles. The van der Waals surface area contributed by atoms with E-state index in [1.165, 1.54) is 21.8 Å². The first-order chi connectivity index (χ1) is 15.1. The van der Waals surface area contributed by atoms with Gasteiger partial charge in [-0.3, -0.25) is 9.59 Å². The van der Waals surface area contributed by atoms with Gasteiger partial charge in [-0.15, -0.1) is 5.10 Å². The summed E-state index contributed by atoms with van der Waals surface area (Å²) < 4.78 is 53.5. The Morgan fingerprint density at radius 3 is 2.53 bits per heavy atom. The molecule has 0 spiro atoms. The molecule has 0 saturated heterocycles. The average Bonchev–Trinajstić information content (AvgIpc) is 3.21. The van der Waals surface area contributed by atoms with Crippen LogP contribution in [0.1, 0.15) is 28.4 Å². The van der Waals surface area contributed by atoms with E-state index in [4.69, 9.17) is 0 Å².